The summed E-state index contributed by atoms with van der Waals surface area (Å²) in [5, 5.41) is 3.25. The second-order valence-corrected chi connectivity index (χ2v) is 3.83. The lowest BCUT2D eigenvalue weighted by molar-refractivity contribution is -0.111. The number of nitrogens with one attached hydrogen (secondary N) is 1. The number of aliphatic imine (C=N–C) groups is 1. The van der Waals surface area contributed by atoms with Crippen molar-refractivity contribution in [3.8, 4) is 0 Å². The molecule has 4 atom stereocenters. The van der Waals surface area contributed by atoms with E-state index in [4.69, 9.17) is 0 Å². The standard InChI is InChI=1S/C8H13BN2O/c9-6-1-7-5(4-12)2-10-8(7)11-3-6/h3-8,10H,1-2,9H2. The second-order valence-electron chi connectivity index (χ2n) is 3.83. The smallest absolute Gasteiger partial charge is 0.124 e. The highest BCUT2D eigenvalue weighted by atomic mass is 16.1. The molecule has 0 saturated carbocycles. The van der Waals surface area contributed by atoms with E-state index in [1.165, 1.54) is 0 Å². The van der Waals surface area contributed by atoms with Crippen LogP contribution in [0, 0.1) is 11.8 Å². The molecular formula is C8H13BN2O. The first-order valence-electron chi connectivity index (χ1n) is 4.53. The van der Waals surface area contributed by atoms with Gasteiger partial charge >= 0.3 is 0 Å². The quantitative estimate of drug-likeness (QED) is 0.409. The summed E-state index contributed by atoms with van der Waals surface area (Å²) in [7, 11) is 2.15. The van der Waals surface area contributed by atoms with Crippen LogP contribution >= 0.6 is 0 Å². The molecule has 2 aliphatic rings. The van der Waals surface area contributed by atoms with Crippen LogP contribution in [0.1, 0.15) is 6.42 Å². The Morgan fingerprint density at radius 3 is 3.25 bits per heavy atom. The third-order valence-electron chi connectivity index (χ3n) is 2.84. The average Bonchev–Trinajstić information content (AvgIpc) is 2.46. The Hall–Kier alpha value is -0.635. The van der Waals surface area contributed by atoms with Gasteiger partial charge in [0, 0.05) is 18.4 Å². The van der Waals surface area contributed by atoms with Crippen molar-refractivity contribution in [1.29, 1.82) is 0 Å². The minimum Gasteiger partial charge on any atom is -0.303 e. The van der Waals surface area contributed by atoms with Gasteiger partial charge in [0.1, 0.15) is 20.3 Å². The fraction of sp³-hybridized carbons (Fsp3) is 0.750. The molecule has 2 heterocycles. The SMILES string of the molecule is BC1C=NC2NCC(C=O)C2C1. The van der Waals surface area contributed by atoms with Crippen molar-refractivity contribution in [1.82, 2.24) is 5.32 Å². The molecule has 0 bridgehead atoms. The maximum absolute atomic E-state index is 10.7. The molecule has 0 aliphatic carbocycles. The minimum absolute atomic E-state index is 0.190. The Morgan fingerprint density at radius 2 is 2.50 bits per heavy atom. The molecule has 4 heteroatoms. The third-order valence-corrected chi connectivity index (χ3v) is 2.84. The van der Waals surface area contributed by atoms with Gasteiger partial charge in [-0.15, -0.1) is 0 Å². The molecule has 2 aliphatic heterocycles. The van der Waals surface area contributed by atoms with Crippen molar-refractivity contribution in [2.45, 2.75) is 18.4 Å². The fourth-order valence-corrected chi connectivity index (χ4v) is 2.14. The topological polar surface area (TPSA) is 41.5 Å². The summed E-state index contributed by atoms with van der Waals surface area (Å²) < 4.78 is 0. The lowest BCUT2D eigenvalue weighted by Gasteiger charge is -2.25. The van der Waals surface area contributed by atoms with Crippen LogP contribution < -0.4 is 5.32 Å². The first kappa shape index (κ1) is 7.99. The molecule has 0 radical (unpaired) electrons. The molecule has 0 aromatic carbocycles. The molecule has 0 spiro atoms. The van der Waals surface area contributed by atoms with E-state index in [0.717, 1.165) is 19.3 Å². The molecular weight excluding hydrogens is 151 g/mol. The molecule has 0 aromatic rings. The molecule has 1 fully saturated rings. The van der Waals surface area contributed by atoms with E-state index in [-0.39, 0.29) is 12.1 Å². The normalized spacial score (nSPS) is 45.7. The first-order chi connectivity index (χ1) is 5.81. The number of carbonyl (C=O) groups excluding carboxylic acids is 1. The molecule has 12 heavy (non-hydrogen) atoms. The maximum atomic E-state index is 10.7. The summed E-state index contributed by atoms with van der Waals surface area (Å²) in [6.45, 7) is 0.808. The van der Waals surface area contributed by atoms with E-state index in [9.17, 15) is 4.79 Å². The number of fused-ring (bicyclic) bond motifs is 1. The van der Waals surface area contributed by atoms with E-state index >= 15 is 0 Å². The largest absolute Gasteiger partial charge is 0.303 e. The van der Waals surface area contributed by atoms with E-state index in [2.05, 4.69) is 18.2 Å². The Bertz CT molecular complexity index is 219. The van der Waals surface area contributed by atoms with Gasteiger partial charge in [-0.3, -0.25) is 10.3 Å². The molecule has 1 saturated heterocycles. The molecule has 1 N–H and O–H groups in total. The van der Waals surface area contributed by atoms with Crippen molar-refractivity contribution in [3.63, 3.8) is 0 Å². The Balaban J connectivity index is 2.13. The highest BCUT2D eigenvalue weighted by molar-refractivity contribution is 6.20. The van der Waals surface area contributed by atoms with Gasteiger partial charge < -0.3 is 4.79 Å². The third kappa shape index (κ3) is 1.20. The van der Waals surface area contributed by atoms with Crippen molar-refractivity contribution in [2.75, 3.05) is 6.54 Å². The van der Waals surface area contributed by atoms with E-state index in [0.29, 0.717) is 11.7 Å². The first-order valence-corrected chi connectivity index (χ1v) is 4.53. The highest BCUT2D eigenvalue weighted by Gasteiger charge is 2.37. The summed E-state index contributed by atoms with van der Waals surface area (Å²) in [6.07, 6.45) is 4.40. The van der Waals surface area contributed by atoms with Gasteiger partial charge in [-0.1, -0.05) is 0 Å². The van der Waals surface area contributed by atoms with E-state index in [1.54, 1.807) is 0 Å². The molecule has 64 valence electrons. The average molecular weight is 164 g/mol. The Kier molecular flexibility index (Phi) is 2.01. The van der Waals surface area contributed by atoms with E-state index < -0.39 is 0 Å². The predicted octanol–water partition coefficient (Wildman–Crippen LogP) is -0.757. The molecule has 3 nitrogen and oxygen atoms in total. The van der Waals surface area contributed by atoms with Crippen LogP contribution in [0.25, 0.3) is 0 Å². The van der Waals surface area contributed by atoms with Gasteiger partial charge in [-0.2, -0.15) is 0 Å². The van der Waals surface area contributed by atoms with Gasteiger partial charge in [0.25, 0.3) is 0 Å². The van der Waals surface area contributed by atoms with Crippen LogP contribution in [0.3, 0.4) is 0 Å². The molecule has 4 unspecified atom stereocenters. The lowest BCUT2D eigenvalue weighted by atomic mass is 9.75. The fourth-order valence-electron chi connectivity index (χ4n) is 2.14. The van der Waals surface area contributed by atoms with Crippen molar-refractivity contribution >= 4 is 20.3 Å². The van der Waals surface area contributed by atoms with Crippen molar-refractivity contribution in [2.24, 2.45) is 16.8 Å². The number of carbonyl (C=O) groups is 1. The summed E-state index contributed by atoms with van der Waals surface area (Å²) in [5.41, 5.74) is 0. The number of aldehydes is 1. The highest BCUT2D eigenvalue weighted by Crippen LogP contribution is 2.31. The predicted molar refractivity (Wildman–Crippen MR) is 50.2 cm³/mol. The van der Waals surface area contributed by atoms with Gasteiger partial charge in [0.15, 0.2) is 0 Å². The van der Waals surface area contributed by atoms with Crippen LogP contribution in [-0.4, -0.2) is 33.1 Å². The zero-order valence-corrected chi connectivity index (χ0v) is 7.23. The van der Waals surface area contributed by atoms with Crippen LogP contribution in [0.4, 0.5) is 0 Å². The van der Waals surface area contributed by atoms with Gasteiger partial charge in [0.05, 0.1) is 0 Å². The summed E-state index contributed by atoms with van der Waals surface area (Å²) in [6, 6.07) is 0. The number of hydrogen-bond donors (Lipinski definition) is 1. The van der Waals surface area contributed by atoms with Gasteiger partial charge in [-0.05, 0) is 18.5 Å². The van der Waals surface area contributed by atoms with Crippen LogP contribution in [0.5, 0.6) is 0 Å². The minimum atomic E-state index is 0.190. The summed E-state index contributed by atoms with van der Waals surface area (Å²) in [5.74, 6) is 1.17. The number of rotatable bonds is 1. The second kappa shape index (κ2) is 3.01. The number of nitrogens with zero attached hydrogens (tertiary/aromatic N) is 1. The van der Waals surface area contributed by atoms with E-state index in [1.807, 2.05) is 6.21 Å². The molecule has 0 aromatic heterocycles. The monoisotopic (exact) mass is 164 g/mol. The maximum Gasteiger partial charge on any atom is 0.124 e. The Morgan fingerprint density at radius 1 is 1.67 bits per heavy atom. The van der Waals surface area contributed by atoms with Crippen LogP contribution in [-0.2, 0) is 4.79 Å². The zero-order valence-electron chi connectivity index (χ0n) is 7.23. The molecule has 2 rings (SSSR count). The van der Waals surface area contributed by atoms with Crippen LogP contribution in [0.15, 0.2) is 4.99 Å². The number of hydrogen-bond acceptors (Lipinski definition) is 3. The zero-order chi connectivity index (χ0) is 8.55. The van der Waals surface area contributed by atoms with Crippen molar-refractivity contribution < 1.29 is 4.79 Å². The summed E-state index contributed by atoms with van der Waals surface area (Å²) >= 11 is 0. The summed E-state index contributed by atoms with van der Waals surface area (Å²) in [4.78, 5) is 15.1. The lowest BCUT2D eigenvalue weighted by Crippen LogP contribution is -2.30. The van der Waals surface area contributed by atoms with Crippen LogP contribution in [0.2, 0.25) is 5.82 Å². The van der Waals surface area contributed by atoms with Gasteiger partial charge in [0.2, 0.25) is 0 Å². The molecule has 0 amide bonds. The Labute approximate surface area is 73.0 Å². The van der Waals surface area contributed by atoms with Crippen molar-refractivity contribution in [3.05, 3.63) is 0 Å². The van der Waals surface area contributed by atoms with Gasteiger partial charge in [-0.25, -0.2) is 0 Å².